The molecule has 33 heavy (non-hydrogen) atoms. The third kappa shape index (κ3) is 3.65. The Morgan fingerprint density at radius 1 is 1.03 bits per heavy atom. The van der Waals surface area contributed by atoms with Crippen LogP contribution in [0.25, 0.3) is 21.8 Å². The van der Waals surface area contributed by atoms with E-state index in [4.69, 9.17) is 10.7 Å². The molecule has 8 nitrogen and oxygen atoms in total. The molecule has 0 radical (unpaired) electrons. The Balaban J connectivity index is 1.94. The number of nitrogens with zero attached hydrogens (tertiary/aromatic N) is 4. The third-order valence-corrected chi connectivity index (χ3v) is 6.39. The van der Waals surface area contributed by atoms with E-state index in [0.29, 0.717) is 22.4 Å². The zero-order valence-electron chi connectivity index (χ0n) is 20.0. The van der Waals surface area contributed by atoms with Gasteiger partial charge in [0.05, 0.1) is 11.0 Å². The Bertz CT molecular complexity index is 1520. The maximum atomic E-state index is 12.7. The molecule has 0 fully saturated rings. The van der Waals surface area contributed by atoms with Gasteiger partial charge in [0.15, 0.2) is 0 Å². The van der Waals surface area contributed by atoms with Gasteiger partial charge in [0.1, 0.15) is 5.36 Å². The van der Waals surface area contributed by atoms with Crippen LogP contribution >= 0.6 is 0 Å². The molecule has 0 aliphatic carbocycles. The first-order valence-corrected chi connectivity index (χ1v) is 11.2. The number of rotatable bonds is 6. The van der Waals surface area contributed by atoms with Crippen LogP contribution < -0.4 is 32.3 Å². The number of hydrogen-bond donors (Lipinski definition) is 2. The number of benzene rings is 2. The molecule has 4 aromatic rings. The fourth-order valence-electron chi connectivity index (χ4n) is 4.50. The van der Waals surface area contributed by atoms with Crippen molar-refractivity contribution in [3.05, 3.63) is 61.2 Å². The fourth-order valence-corrected chi connectivity index (χ4v) is 4.50. The van der Waals surface area contributed by atoms with Crippen molar-refractivity contribution in [3.8, 4) is 0 Å². The average molecular weight is 447 g/mol. The Hall–Kier alpha value is -3.68. The van der Waals surface area contributed by atoms with E-state index in [1.165, 1.54) is 0 Å². The molecule has 0 amide bonds. The van der Waals surface area contributed by atoms with Gasteiger partial charge in [-0.1, -0.05) is 13.8 Å². The van der Waals surface area contributed by atoms with Crippen molar-refractivity contribution >= 4 is 39.1 Å². The van der Waals surface area contributed by atoms with Crippen molar-refractivity contribution in [2.75, 3.05) is 30.2 Å². The normalized spacial score (nSPS) is 12.4. The predicted molar refractivity (Wildman–Crippen MR) is 136 cm³/mol. The van der Waals surface area contributed by atoms with E-state index in [-0.39, 0.29) is 11.4 Å². The van der Waals surface area contributed by atoms with Gasteiger partial charge in [-0.3, -0.25) is 9.59 Å². The van der Waals surface area contributed by atoms with E-state index in [1.54, 1.807) is 12.1 Å². The predicted octanol–water partition coefficient (Wildman–Crippen LogP) is 3.34. The van der Waals surface area contributed by atoms with E-state index in [0.717, 1.165) is 40.7 Å². The van der Waals surface area contributed by atoms with Crippen molar-refractivity contribution in [2.24, 2.45) is 5.10 Å². The van der Waals surface area contributed by atoms with Gasteiger partial charge in [0, 0.05) is 42.3 Å². The van der Waals surface area contributed by atoms with Crippen LogP contribution in [0.3, 0.4) is 0 Å². The molecule has 1 aromatic heterocycles. The van der Waals surface area contributed by atoms with E-state index >= 15 is 0 Å². The Kier molecular flexibility index (Phi) is 5.69. The summed E-state index contributed by atoms with van der Waals surface area (Å²) in [7, 11) is 4.04. The van der Waals surface area contributed by atoms with Crippen molar-refractivity contribution in [1.29, 1.82) is 0 Å². The minimum absolute atomic E-state index is 0.0893. The molecular weight excluding hydrogens is 416 g/mol. The van der Waals surface area contributed by atoms with Crippen molar-refractivity contribution in [3.63, 3.8) is 0 Å². The summed E-state index contributed by atoms with van der Waals surface area (Å²) >= 11 is 0. The van der Waals surface area contributed by atoms with E-state index in [1.807, 2.05) is 21.0 Å². The maximum absolute atomic E-state index is 12.7. The first-order valence-electron chi connectivity index (χ1n) is 11.2. The number of hydrogen-bond acceptors (Lipinski definition) is 7. The summed E-state index contributed by atoms with van der Waals surface area (Å²) in [4.78, 5) is 32.0. The number of fused-ring (bicyclic) bond motifs is 2. The highest BCUT2D eigenvalue weighted by Gasteiger charge is 2.19. The average Bonchev–Trinajstić information content (AvgIpc) is 3.22. The molecule has 3 N–H and O–H groups in total. The van der Waals surface area contributed by atoms with Gasteiger partial charge in [-0.15, -0.1) is 0 Å². The van der Waals surface area contributed by atoms with Gasteiger partial charge < -0.3 is 15.2 Å². The largest absolute Gasteiger partial charge is 0.398 e. The number of nitrogens with one attached hydrogen (secondary N) is 1. The van der Waals surface area contributed by atoms with Gasteiger partial charge >= 0.3 is 0 Å². The minimum Gasteiger partial charge on any atom is -0.398 e. The monoisotopic (exact) mass is 446 g/mol. The van der Waals surface area contributed by atoms with Crippen LogP contribution in [0, 0.1) is 13.8 Å². The lowest BCUT2D eigenvalue weighted by Crippen LogP contribution is -2.31. The first-order chi connectivity index (χ1) is 15.7. The number of nitrogen functional groups attached to an aromatic ring is 1. The number of aromatic nitrogens is 2. The van der Waals surface area contributed by atoms with Gasteiger partial charge in [0.2, 0.25) is 11.4 Å². The molecule has 0 unspecified atom stereocenters. The van der Waals surface area contributed by atoms with Crippen LogP contribution in [-0.4, -0.2) is 23.6 Å². The molecule has 0 aliphatic heterocycles. The molecule has 1 heterocycles. The lowest BCUT2D eigenvalue weighted by molar-refractivity contribution is 0.487. The summed E-state index contributed by atoms with van der Waals surface area (Å²) in [6.45, 7) is 8.18. The van der Waals surface area contributed by atoms with Crippen molar-refractivity contribution in [2.45, 2.75) is 46.6 Å². The molecule has 0 atom stereocenters. The quantitative estimate of drug-likeness (QED) is 0.267. The molecule has 8 heteroatoms. The van der Waals surface area contributed by atoms with E-state index in [9.17, 15) is 9.59 Å². The molecule has 4 rings (SSSR count). The molecule has 172 valence electrons. The topological polar surface area (TPSA) is 106 Å². The van der Waals surface area contributed by atoms with Crippen molar-refractivity contribution in [1.82, 2.24) is 9.55 Å². The molecule has 0 spiro atoms. The number of aryl methyl sites for hydroxylation is 2. The lowest BCUT2D eigenvalue weighted by Gasteiger charge is -2.20. The molecular formula is C25H30N6O2. The highest BCUT2D eigenvalue weighted by molar-refractivity contribution is 5.88. The third-order valence-electron chi connectivity index (χ3n) is 6.39. The number of imidazole rings is 1. The smallest absolute Gasteiger partial charge is 0.254 e. The van der Waals surface area contributed by atoms with E-state index < -0.39 is 10.9 Å². The maximum Gasteiger partial charge on any atom is 0.254 e. The summed E-state index contributed by atoms with van der Waals surface area (Å²) in [5, 5.41) is 5.27. The SMILES string of the molecule is CCC(CC)n1c(NN=c2c(=O)c(=O)c3cc(N)c(C)cc23)nc2cc(C)c(N(C)C)cc21. The molecule has 0 aliphatic rings. The highest BCUT2D eigenvalue weighted by Crippen LogP contribution is 2.32. The Morgan fingerprint density at radius 2 is 1.73 bits per heavy atom. The van der Waals surface area contributed by atoms with Gasteiger partial charge in [-0.2, -0.15) is 5.10 Å². The summed E-state index contributed by atoms with van der Waals surface area (Å²) in [6.07, 6.45) is 1.83. The highest BCUT2D eigenvalue weighted by atomic mass is 16.2. The minimum atomic E-state index is -0.640. The fraction of sp³-hybridized carbons (Fsp3) is 0.360. The Morgan fingerprint density at radius 3 is 2.36 bits per heavy atom. The second-order valence-electron chi connectivity index (χ2n) is 8.78. The van der Waals surface area contributed by atoms with Gasteiger partial charge in [0.25, 0.3) is 5.43 Å². The number of anilines is 3. The van der Waals surface area contributed by atoms with Gasteiger partial charge in [-0.05, 0) is 62.1 Å². The van der Waals surface area contributed by atoms with Crippen molar-refractivity contribution < 1.29 is 0 Å². The Labute approximate surface area is 192 Å². The summed E-state index contributed by atoms with van der Waals surface area (Å²) in [6, 6.07) is 7.70. The molecule has 0 saturated carbocycles. The van der Waals surface area contributed by atoms with Crippen LogP contribution in [0.1, 0.15) is 43.9 Å². The molecule has 3 aromatic carbocycles. The van der Waals surface area contributed by atoms with Crippen LogP contribution in [-0.2, 0) is 0 Å². The second kappa shape index (κ2) is 8.35. The zero-order valence-corrected chi connectivity index (χ0v) is 20.0. The summed E-state index contributed by atoms with van der Waals surface area (Å²) in [5.41, 5.74) is 13.1. The van der Waals surface area contributed by atoms with Crippen LogP contribution in [0.15, 0.2) is 39.0 Å². The zero-order chi connectivity index (χ0) is 24.0. The summed E-state index contributed by atoms with van der Waals surface area (Å²) in [5.74, 6) is 0.544. The van der Waals surface area contributed by atoms with Crippen LogP contribution in [0.2, 0.25) is 0 Å². The van der Waals surface area contributed by atoms with E-state index in [2.05, 4.69) is 52.9 Å². The summed E-state index contributed by atoms with van der Waals surface area (Å²) < 4.78 is 2.14. The molecule has 0 bridgehead atoms. The number of nitrogens with two attached hydrogens (primary N) is 1. The first kappa shape index (κ1) is 22.5. The standard InChI is InChI=1S/C25H30N6O2/c1-7-15(8-2)31-21-12-20(30(5)6)14(4)10-19(21)27-25(31)29-28-22-16-9-13(3)18(26)11-17(16)23(32)24(22)33/h9-12,15H,7-8,26H2,1-6H3,(H,27,29). The van der Waals surface area contributed by atoms with Crippen LogP contribution in [0.4, 0.5) is 17.3 Å². The molecule has 0 saturated heterocycles. The van der Waals surface area contributed by atoms with Crippen LogP contribution in [0.5, 0.6) is 0 Å². The van der Waals surface area contributed by atoms with Gasteiger partial charge in [-0.25, -0.2) is 10.4 Å². The second-order valence-corrected chi connectivity index (χ2v) is 8.78. The lowest BCUT2D eigenvalue weighted by atomic mass is 10.1.